The van der Waals surface area contributed by atoms with Gasteiger partial charge in [-0.3, -0.25) is 14.6 Å². The number of nitrogens with one attached hydrogen (secondary N) is 1. The lowest BCUT2D eigenvalue weighted by Gasteiger charge is -2.20. The van der Waals surface area contributed by atoms with Crippen LogP contribution in [0.2, 0.25) is 0 Å². The summed E-state index contributed by atoms with van der Waals surface area (Å²) in [5.74, 6) is 0.780. The minimum absolute atomic E-state index is 0.00536. The molecule has 0 bridgehead atoms. The highest BCUT2D eigenvalue weighted by Gasteiger charge is 2.44. The maximum absolute atomic E-state index is 12.6. The Bertz CT molecular complexity index is 828. The first-order chi connectivity index (χ1) is 13.0. The number of rotatable bonds is 7. The van der Waals surface area contributed by atoms with Gasteiger partial charge in [-0.05, 0) is 37.5 Å². The molecule has 1 saturated carbocycles. The van der Waals surface area contributed by atoms with E-state index in [2.05, 4.69) is 19.9 Å². The van der Waals surface area contributed by atoms with Crippen LogP contribution in [0.5, 0.6) is 0 Å². The molecule has 1 aliphatic heterocycles. The van der Waals surface area contributed by atoms with Crippen molar-refractivity contribution in [2.24, 2.45) is 11.3 Å². The maximum atomic E-state index is 12.6. The van der Waals surface area contributed by atoms with Gasteiger partial charge in [0.1, 0.15) is 5.82 Å². The minimum Gasteiger partial charge on any atom is -0.355 e. The third-order valence-electron chi connectivity index (χ3n) is 5.73. The van der Waals surface area contributed by atoms with Crippen molar-refractivity contribution >= 4 is 11.8 Å². The number of aryl methyl sites for hydroxylation is 1. The van der Waals surface area contributed by atoms with Gasteiger partial charge in [0.25, 0.3) is 0 Å². The Morgan fingerprint density at radius 3 is 2.74 bits per heavy atom. The number of likely N-dealkylation sites (tertiary alicyclic amines) is 1. The third-order valence-corrected chi connectivity index (χ3v) is 5.73. The van der Waals surface area contributed by atoms with Crippen LogP contribution in [0.1, 0.15) is 30.7 Å². The van der Waals surface area contributed by atoms with Crippen LogP contribution in [0, 0.1) is 18.3 Å². The van der Waals surface area contributed by atoms with Crippen molar-refractivity contribution in [1.82, 2.24) is 24.8 Å². The molecule has 7 heteroatoms. The van der Waals surface area contributed by atoms with Crippen molar-refractivity contribution in [3.05, 3.63) is 48.3 Å². The molecule has 2 aliphatic rings. The molecule has 2 fully saturated rings. The first-order valence-corrected chi connectivity index (χ1v) is 9.47. The smallest absolute Gasteiger partial charge is 0.225 e. The standard InChI is InChI=1S/C20H25N5O2/c1-15-22-8-9-24(15)14-20(4-5-20)13-23-19(27)17-10-18(26)25(12-17)11-16-2-6-21-7-3-16/h2-3,6-9,17H,4-5,10-14H2,1H3,(H,23,27). The number of carbonyl (C=O) groups excluding carboxylic acids is 2. The highest BCUT2D eigenvalue weighted by molar-refractivity contribution is 5.89. The Morgan fingerprint density at radius 2 is 2.07 bits per heavy atom. The van der Waals surface area contributed by atoms with Crippen molar-refractivity contribution in [1.29, 1.82) is 0 Å². The fraction of sp³-hybridized carbons (Fsp3) is 0.500. The van der Waals surface area contributed by atoms with Crippen LogP contribution >= 0.6 is 0 Å². The quantitative estimate of drug-likeness (QED) is 0.805. The maximum Gasteiger partial charge on any atom is 0.225 e. The molecule has 3 heterocycles. The van der Waals surface area contributed by atoms with E-state index in [1.54, 1.807) is 17.3 Å². The van der Waals surface area contributed by atoms with Crippen molar-refractivity contribution < 1.29 is 9.59 Å². The van der Waals surface area contributed by atoms with Crippen LogP contribution in [0.3, 0.4) is 0 Å². The molecule has 0 aromatic carbocycles. The monoisotopic (exact) mass is 367 g/mol. The van der Waals surface area contributed by atoms with E-state index in [-0.39, 0.29) is 23.1 Å². The van der Waals surface area contributed by atoms with Crippen molar-refractivity contribution in [3.63, 3.8) is 0 Å². The van der Waals surface area contributed by atoms with Crippen LogP contribution in [-0.4, -0.2) is 44.3 Å². The Hall–Kier alpha value is -2.70. The molecule has 2 aromatic heterocycles. The molecule has 1 unspecified atom stereocenters. The Kier molecular flexibility index (Phi) is 4.68. The number of amides is 2. The summed E-state index contributed by atoms with van der Waals surface area (Å²) >= 11 is 0. The molecule has 1 N–H and O–H groups in total. The molecular weight excluding hydrogens is 342 g/mol. The largest absolute Gasteiger partial charge is 0.355 e. The van der Waals surface area contributed by atoms with Crippen LogP contribution in [0.15, 0.2) is 36.9 Å². The molecule has 142 valence electrons. The molecule has 27 heavy (non-hydrogen) atoms. The van der Waals surface area contributed by atoms with E-state index in [1.807, 2.05) is 31.5 Å². The lowest BCUT2D eigenvalue weighted by molar-refractivity contribution is -0.129. The second-order valence-electron chi connectivity index (χ2n) is 7.85. The summed E-state index contributed by atoms with van der Waals surface area (Å²) in [5, 5.41) is 3.10. The predicted octanol–water partition coefficient (Wildman–Crippen LogP) is 1.53. The van der Waals surface area contributed by atoms with Crippen LogP contribution < -0.4 is 5.32 Å². The zero-order valence-corrected chi connectivity index (χ0v) is 15.6. The average molecular weight is 367 g/mol. The summed E-state index contributed by atoms with van der Waals surface area (Å²) in [4.78, 5) is 34.9. The average Bonchev–Trinajstić information content (AvgIpc) is 3.18. The number of hydrogen-bond acceptors (Lipinski definition) is 4. The van der Waals surface area contributed by atoms with E-state index in [1.165, 1.54) is 0 Å². The third kappa shape index (κ3) is 4.02. The van der Waals surface area contributed by atoms with E-state index < -0.39 is 0 Å². The first kappa shape index (κ1) is 17.7. The molecule has 7 nitrogen and oxygen atoms in total. The number of carbonyl (C=O) groups is 2. The van der Waals surface area contributed by atoms with Gasteiger partial charge in [0, 0.05) is 62.8 Å². The number of pyridine rings is 1. The summed E-state index contributed by atoms with van der Waals surface area (Å²) in [6.07, 6.45) is 9.76. The van der Waals surface area contributed by atoms with Gasteiger partial charge in [0.05, 0.1) is 5.92 Å². The molecule has 1 atom stereocenters. The van der Waals surface area contributed by atoms with Gasteiger partial charge in [-0.25, -0.2) is 4.98 Å². The number of hydrogen-bond donors (Lipinski definition) is 1. The summed E-state index contributed by atoms with van der Waals surface area (Å²) in [6.45, 7) is 4.57. The Labute approximate surface area is 158 Å². The number of imidazole rings is 1. The summed E-state index contributed by atoms with van der Waals surface area (Å²) < 4.78 is 2.15. The van der Waals surface area contributed by atoms with Gasteiger partial charge in [0.15, 0.2) is 0 Å². The minimum atomic E-state index is -0.259. The van der Waals surface area contributed by atoms with Gasteiger partial charge >= 0.3 is 0 Å². The lowest BCUT2D eigenvalue weighted by atomic mass is 10.1. The molecule has 1 aliphatic carbocycles. The molecule has 0 radical (unpaired) electrons. The molecule has 2 aromatic rings. The summed E-state index contributed by atoms with van der Waals surface area (Å²) in [5.41, 5.74) is 1.17. The highest BCUT2D eigenvalue weighted by atomic mass is 16.2. The molecule has 2 amide bonds. The van der Waals surface area contributed by atoms with E-state index in [0.29, 0.717) is 26.1 Å². The number of aromatic nitrogens is 3. The Morgan fingerprint density at radius 1 is 1.30 bits per heavy atom. The second kappa shape index (κ2) is 7.13. The second-order valence-corrected chi connectivity index (χ2v) is 7.85. The van der Waals surface area contributed by atoms with E-state index in [4.69, 9.17) is 0 Å². The normalized spacial score (nSPS) is 20.7. The van der Waals surface area contributed by atoms with Crippen LogP contribution in [0.4, 0.5) is 0 Å². The van der Waals surface area contributed by atoms with Crippen LogP contribution in [0.25, 0.3) is 0 Å². The predicted molar refractivity (Wildman–Crippen MR) is 99.4 cm³/mol. The van der Waals surface area contributed by atoms with Gasteiger partial charge < -0.3 is 14.8 Å². The molecule has 0 spiro atoms. The zero-order chi connectivity index (χ0) is 18.9. The highest BCUT2D eigenvalue weighted by Crippen LogP contribution is 2.46. The number of nitrogens with zero attached hydrogens (tertiary/aromatic N) is 4. The van der Waals surface area contributed by atoms with Gasteiger partial charge in [-0.2, -0.15) is 0 Å². The van der Waals surface area contributed by atoms with Gasteiger partial charge in [-0.15, -0.1) is 0 Å². The first-order valence-electron chi connectivity index (χ1n) is 9.47. The molecule has 1 saturated heterocycles. The fourth-order valence-electron chi connectivity index (χ4n) is 3.73. The van der Waals surface area contributed by atoms with Crippen LogP contribution in [-0.2, 0) is 22.7 Å². The topological polar surface area (TPSA) is 80.1 Å². The van der Waals surface area contributed by atoms with E-state index in [9.17, 15) is 9.59 Å². The van der Waals surface area contributed by atoms with E-state index >= 15 is 0 Å². The SMILES string of the molecule is Cc1nccn1CC1(CNC(=O)C2CC(=O)N(Cc3ccncc3)C2)CC1. The van der Waals surface area contributed by atoms with Crippen molar-refractivity contribution in [2.75, 3.05) is 13.1 Å². The van der Waals surface area contributed by atoms with Crippen molar-refractivity contribution in [3.8, 4) is 0 Å². The Balaban J connectivity index is 1.29. The molecular formula is C20H25N5O2. The zero-order valence-electron chi connectivity index (χ0n) is 15.6. The van der Waals surface area contributed by atoms with Crippen molar-refractivity contribution in [2.45, 2.75) is 39.3 Å². The van der Waals surface area contributed by atoms with Gasteiger partial charge in [-0.1, -0.05) is 0 Å². The summed E-state index contributed by atoms with van der Waals surface area (Å²) in [7, 11) is 0. The van der Waals surface area contributed by atoms with Gasteiger partial charge in [0.2, 0.25) is 11.8 Å². The fourth-order valence-corrected chi connectivity index (χ4v) is 3.73. The summed E-state index contributed by atoms with van der Waals surface area (Å²) in [6, 6.07) is 3.80. The lowest BCUT2D eigenvalue weighted by Crippen LogP contribution is -2.37. The molecule has 4 rings (SSSR count). The van der Waals surface area contributed by atoms with E-state index in [0.717, 1.165) is 30.8 Å².